The molecule has 3 aromatic heterocycles. The number of hydrogen-bond donors (Lipinski definition) is 0. The van der Waals surface area contributed by atoms with Gasteiger partial charge in [0.05, 0.1) is 57.6 Å². The number of hydrogen-bond acceptors (Lipinski definition) is 0. The minimum Gasteiger partial charge on any atom is -0.309 e. The summed E-state index contributed by atoms with van der Waals surface area (Å²) >= 11 is 0. The number of aromatic nitrogens is 3. The zero-order chi connectivity index (χ0) is 36.6. The van der Waals surface area contributed by atoms with E-state index in [-0.39, 0.29) is 0 Å². The lowest BCUT2D eigenvalue weighted by molar-refractivity contribution is 1.13. The van der Waals surface area contributed by atoms with Gasteiger partial charge in [-0.25, -0.2) is 9.69 Å². The van der Waals surface area contributed by atoms with Crippen LogP contribution in [-0.4, -0.2) is 13.7 Å². The van der Waals surface area contributed by atoms with E-state index in [2.05, 4.69) is 157 Å². The molecule has 11 rings (SSSR count). The molecule has 0 spiro atoms. The molecule has 254 valence electrons. The van der Waals surface area contributed by atoms with Crippen molar-refractivity contribution >= 4 is 76.8 Å². The summed E-state index contributed by atoms with van der Waals surface area (Å²) in [6.07, 6.45) is 0. The van der Waals surface area contributed by atoms with Crippen molar-refractivity contribution in [2.45, 2.75) is 0 Å². The lowest BCUT2D eigenvalue weighted by Crippen LogP contribution is -2.01. The quantitative estimate of drug-likeness (QED) is 0.163. The maximum atomic E-state index is 8.55. The van der Waals surface area contributed by atoms with Crippen molar-refractivity contribution in [1.29, 1.82) is 0 Å². The summed E-state index contributed by atoms with van der Waals surface area (Å²) in [6.45, 7) is 16.2. The van der Waals surface area contributed by atoms with Gasteiger partial charge in [0.15, 0.2) is 11.4 Å². The average Bonchev–Trinajstić information content (AvgIpc) is 3.89. The van der Waals surface area contributed by atoms with E-state index in [1.54, 1.807) is 0 Å². The predicted octanol–water partition coefficient (Wildman–Crippen LogP) is 13.7. The SMILES string of the molecule is [C-]#[N+]c1ccc2c(c1)c1ccccc1n2-c1ccccc1-c1ccc(-n2c3ccccc3c3cccc(-n4c5ccccc5c5ccccc54)c32)cc1[N+]#[C-]. The molecule has 0 amide bonds. The number of para-hydroxylation sites is 6. The van der Waals surface area contributed by atoms with E-state index in [4.69, 9.17) is 13.1 Å². The summed E-state index contributed by atoms with van der Waals surface area (Å²) in [6, 6.07) is 61.2. The Kier molecular flexibility index (Phi) is 6.61. The van der Waals surface area contributed by atoms with Gasteiger partial charge in [0.25, 0.3) is 0 Å². The van der Waals surface area contributed by atoms with Crippen LogP contribution in [0.3, 0.4) is 0 Å². The van der Waals surface area contributed by atoms with Crippen molar-refractivity contribution in [3.8, 4) is 28.2 Å². The predicted molar refractivity (Wildman–Crippen MR) is 227 cm³/mol. The van der Waals surface area contributed by atoms with Gasteiger partial charge in [-0.05, 0) is 77.2 Å². The second-order valence-corrected chi connectivity index (χ2v) is 13.9. The van der Waals surface area contributed by atoms with Crippen LogP contribution in [0.2, 0.25) is 0 Å². The van der Waals surface area contributed by atoms with Crippen LogP contribution in [0.15, 0.2) is 176 Å². The zero-order valence-corrected chi connectivity index (χ0v) is 29.5. The first-order valence-electron chi connectivity index (χ1n) is 18.3. The van der Waals surface area contributed by atoms with Crippen LogP contribution in [-0.2, 0) is 0 Å². The van der Waals surface area contributed by atoms with Gasteiger partial charge in [-0.15, -0.1) is 0 Å². The van der Waals surface area contributed by atoms with E-state index in [1.807, 2.05) is 42.5 Å². The standard InChI is InChI=1S/C50H29N5/c1-51-32-26-29-48-41(30-32)39-18-7-12-24-47(39)54(48)44-21-9-3-14-35(44)34-28-27-33(31-42(34)52-2)53-43-20-8-6-17-38(43)40-19-13-25-49(50(40)53)55-45-22-10-4-15-36(45)37-16-5-11-23-46(37)55/h3-31H. The Morgan fingerprint density at radius 3 is 1.51 bits per heavy atom. The number of benzene rings is 8. The Bertz CT molecular complexity index is 3420. The van der Waals surface area contributed by atoms with Gasteiger partial charge in [0.2, 0.25) is 0 Å². The molecule has 3 heterocycles. The largest absolute Gasteiger partial charge is 0.309 e. The Morgan fingerprint density at radius 2 is 0.855 bits per heavy atom. The molecular formula is C50H29N5. The highest BCUT2D eigenvalue weighted by molar-refractivity contribution is 6.15. The van der Waals surface area contributed by atoms with Crippen LogP contribution < -0.4 is 0 Å². The minimum atomic E-state index is 0.571. The van der Waals surface area contributed by atoms with E-state index < -0.39 is 0 Å². The molecule has 0 atom stereocenters. The lowest BCUT2D eigenvalue weighted by atomic mass is 10.0. The zero-order valence-electron chi connectivity index (χ0n) is 29.5. The van der Waals surface area contributed by atoms with E-state index in [9.17, 15) is 0 Å². The van der Waals surface area contributed by atoms with Crippen LogP contribution in [0.25, 0.3) is 103 Å². The molecule has 0 fully saturated rings. The molecule has 55 heavy (non-hydrogen) atoms. The molecule has 0 aliphatic rings. The summed E-state index contributed by atoms with van der Waals surface area (Å²) in [5.41, 5.74) is 12.5. The van der Waals surface area contributed by atoms with Gasteiger partial charge >= 0.3 is 0 Å². The third-order valence-electron chi connectivity index (χ3n) is 11.1. The Hall–Kier alpha value is -7.86. The summed E-state index contributed by atoms with van der Waals surface area (Å²) in [5, 5.41) is 6.86. The van der Waals surface area contributed by atoms with Gasteiger partial charge in [0, 0.05) is 32.6 Å². The van der Waals surface area contributed by atoms with E-state index >= 15 is 0 Å². The van der Waals surface area contributed by atoms with E-state index in [0.29, 0.717) is 11.4 Å². The maximum Gasteiger partial charge on any atom is 0.197 e. The van der Waals surface area contributed by atoms with Gasteiger partial charge in [0.1, 0.15) is 0 Å². The second-order valence-electron chi connectivity index (χ2n) is 13.9. The van der Waals surface area contributed by atoms with Crippen molar-refractivity contribution < 1.29 is 0 Å². The fourth-order valence-electron chi connectivity index (χ4n) is 8.80. The highest BCUT2D eigenvalue weighted by Gasteiger charge is 2.22. The minimum absolute atomic E-state index is 0.571. The van der Waals surface area contributed by atoms with Gasteiger partial charge in [-0.3, -0.25) is 0 Å². The Labute approximate surface area is 316 Å². The first kappa shape index (κ1) is 30.7. The molecule has 0 unspecified atom stereocenters. The summed E-state index contributed by atoms with van der Waals surface area (Å²) < 4.78 is 6.98. The number of fused-ring (bicyclic) bond motifs is 9. The fraction of sp³-hybridized carbons (Fsp3) is 0. The van der Waals surface area contributed by atoms with Crippen molar-refractivity contribution in [2.24, 2.45) is 0 Å². The van der Waals surface area contributed by atoms with Gasteiger partial charge in [-0.2, -0.15) is 0 Å². The van der Waals surface area contributed by atoms with Gasteiger partial charge in [-0.1, -0.05) is 115 Å². The molecule has 0 aliphatic heterocycles. The third kappa shape index (κ3) is 4.39. The average molecular weight is 700 g/mol. The summed E-state index contributed by atoms with van der Waals surface area (Å²) in [5.74, 6) is 0. The van der Waals surface area contributed by atoms with E-state index in [1.165, 1.54) is 10.8 Å². The third-order valence-corrected chi connectivity index (χ3v) is 11.1. The highest BCUT2D eigenvalue weighted by atomic mass is 15.1. The Balaban J connectivity index is 1.16. The van der Waals surface area contributed by atoms with Crippen molar-refractivity contribution in [1.82, 2.24) is 13.7 Å². The first-order valence-corrected chi connectivity index (χ1v) is 18.3. The van der Waals surface area contributed by atoms with Crippen LogP contribution in [0, 0.1) is 13.1 Å². The highest BCUT2D eigenvalue weighted by Crippen LogP contribution is 2.43. The smallest absolute Gasteiger partial charge is 0.197 e. The molecule has 5 heteroatoms. The molecule has 5 nitrogen and oxygen atoms in total. The van der Waals surface area contributed by atoms with Crippen LogP contribution in [0.4, 0.5) is 11.4 Å². The first-order chi connectivity index (χ1) is 27.2. The number of nitrogens with zero attached hydrogens (tertiary/aromatic N) is 5. The molecule has 0 N–H and O–H groups in total. The van der Waals surface area contributed by atoms with Crippen molar-refractivity contribution in [2.75, 3.05) is 0 Å². The second kappa shape index (κ2) is 11.8. The molecule has 0 radical (unpaired) electrons. The van der Waals surface area contributed by atoms with Gasteiger partial charge < -0.3 is 13.7 Å². The topological polar surface area (TPSA) is 23.5 Å². The molecule has 0 saturated carbocycles. The maximum absolute atomic E-state index is 8.55. The molecule has 0 aliphatic carbocycles. The number of rotatable bonds is 4. The molecule has 0 saturated heterocycles. The summed E-state index contributed by atoms with van der Waals surface area (Å²) in [4.78, 5) is 7.91. The van der Waals surface area contributed by atoms with Crippen molar-refractivity contribution in [3.63, 3.8) is 0 Å². The van der Waals surface area contributed by atoms with Crippen LogP contribution in [0.5, 0.6) is 0 Å². The molecular weight excluding hydrogens is 671 g/mol. The normalized spacial score (nSPS) is 11.6. The van der Waals surface area contributed by atoms with Crippen molar-refractivity contribution in [3.05, 3.63) is 199 Å². The molecule has 8 aromatic carbocycles. The Morgan fingerprint density at radius 1 is 0.345 bits per heavy atom. The van der Waals surface area contributed by atoms with E-state index in [0.717, 1.165) is 82.8 Å². The monoisotopic (exact) mass is 699 g/mol. The molecule has 0 bridgehead atoms. The lowest BCUT2D eigenvalue weighted by Gasteiger charge is -2.17. The van der Waals surface area contributed by atoms with Crippen LogP contribution in [0.1, 0.15) is 0 Å². The fourth-order valence-corrected chi connectivity index (χ4v) is 8.80. The summed E-state index contributed by atoms with van der Waals surface area (Å²) in [7, 11) is 0. The molecule has 11 aromatic rings. The van der Waals surface area contributed by atoms with Crippen LogP contribution >= 0.6 is 0 Å².